The minimum atomic E-state index is -1.73. The lowest BCUT2D eigenvalue weighted by Gasteiger charge is -2.38. The maximum atomic E-state index is 6.64. The molecule has 0 N–H and O–H groups in total. The van der Waals surface area contributed by atoms with Gasteiger partial charge in [-0.25, -0.2) is 0 Å². The van der Waals surface area contributed by atoms with Crippen molar-refractivity contribution >= 4 is 19.8 Å². The van der Waals surface area contributed by atoms with Crippen LogP contribution in [0, 0.1) is 0 Å². The van der Waals surface area contributed by atoms with Gasteiger partial charge in [-0.2, -0.15) is 0 Å². The second-order valence-corrected chi connectivity index (χ2v) is 14.6. The van der Waals surface area contributed by atoms with Gasteiger partial charge in [-0.15, -0.1) is 0 Å². The predicted octanol–water partition coefficient (Wildman–Crippen LogP) is 7.20. The summed E-state index contributed by atoms with van der Waals surface area (Å²) in [5.74, 6) is 0. The average Bonchev–Trinajstić information content (AvgIpc) is 3.00. The molecule has 0 saturated heterocycles. The summed E-state index contributed by atoms with van der Waals surface area (Å²) in [7, 11) is -1.73. The van der Waals surface area contributed by atoms with Gasteiger partial charge in [-0.3, -0.25) is 0 Å². The van der Waals surface area contributed by atoms with E-state index in [1.54, 1.807) is 0 Å². The molecule has 1 nitrogen and oxygen atoms in total. The Labute approximate surface area is 157 Å². The monoisotopic (exact) mass is 368 g/mol. The van der Waals surface area contributed by atoms with E-state index in [0.717, 1.165) is 6.42 Å². The molecule has 3 rings (SSSR count). The summed E-state index contributed by atoms with van der Waals surface area (Å²) in [5.41, 5.74) is 1.28. The lowest BCUT2D eigenvalue weighted by molar-refractivity contribution is 0.158. The van der Waals surface area contributed by atoms with Crippen LogP contribution in [0.15, 0.2) is 75.8 Å². The van der Waals surface area contributed by atoms with E-state index in [1.165, 1.54) is 20.7 Å². The largest absolute Gasteiger partial charge is 0.494 e. The first kappa shape index (κ1) is 18.3. The zero-order valence-electron chi connectivity index (χ0n) is 15.9. The smallest absolute Gasteiger partial charge is 0.131 e. The van der Waals surface area contributed by atoms with E-state index in [1.807, 2.05) is 11.8 Å². The molecule has 1 atom stereocenters. The van der Waals surface area contributed by atoms with Crippen LogP contribution in [0.5, 0.6) is 0 Å². The molecule has 0 aliphatic carbocycles. The maximum Gasteiger partial charge on any atom is 0.131 e. The van der Waals surface area contributed by atoms with E-state index in [0.29, 0.717) is 0 Å². The fourth-order valence-corrected chi connectivity index (χ4v) is 6.71. The highest BCUT2D eigenvalue weighted by Gasteiger charge is 2.45. The summed E-state index contributed by atoms with van der Waals surface area (Å²) in [6.45, 7) is 12.0. The van der Waals surface area contributed by atoms with Crippen molar-refractivity contribution in [1.29, 1.82) is 0 Å². The van der Waals surface area contributed by atoms with Crippen LogP contribution in [0.2, 0.25) is 18.1 Å². The Morgan fingerprint density at radius 3 is 2.04 bits per heavy atom. The molecule has 0 saturated carbocycles. The molecule has 1 aliphatic rings. The van der Waals surface area contributed by atoms with Gasteiger partial charge < -0.3 is 4.74 Å². The van der Waals surface area contributed by atoms with E-state index >= 15 is 0 Å². The Hall–Kier alpha value is -1.45. The summed E-state index contributed by atoms with van der Waals surface area (Å²) in [6, 6.07) is 21.3. The molecule has 0 aromatic heterocycles. The van der Waals surface area contributed by atoms with Gasteiger partial charge in [0.2, 0.25) is 0 Å². The van der Waals surface area contributed by atoms with Gasteiger partial charge in [0.25, 0.3) is 0 Å². The van der Waals surface area contributed by atoms with Crippen molar-refractivity contribution in [2.24, 2.45) is 0 Å². The van der Waals surface area contributed by atoms with Crippen LogP contribution in [-0.2, 0) is 4.74 Å². The van der Waals surface area contributed by atoms with Crippen LogP contribution in [-0.4, -0.2) is 8.07 Å². The van der Waals surface area contributed by atoms with Crippen molar-refractivity contribution in [1.82, 2.24) is 0 Å². The Morgan fingerprint density at radius 1 is 0.920 bits per heavy atom. The fourth-order valence-electron chi connectivity index (χ4n) is 2.92. The molecule has 0 fully saturated rings. The van der Waals surface area contributed by atoms with E-state index in [9.17, 15) is 0 Å². The summed E-state index contributed by atoms with van der Waals surface area (Å²) in [5, 5.41) is 1.55. The summed E-state index contributed by atoms with van der Waals surface area (Å²) in [6.07, 6.45) is 1.13. The van der Waals surface area contributed by atoms with Gasteiger partial charge in [0.05, 0.1) is 5.38 Å². The zero-order chi connectivity index (χ0) is 18.1. The highest BCUT2D eigenvalue weighted by Crippen LogP contribution is 2.51. The second kappa shape index (κ2) is 7.04. The Morgan fingerprint density at radius 2 is 1.48 bits per heavy atom. The quantitative estimate of drug-likeness (QED) is 0.528. The first-order valence-corrected chi connectivity index (χ1v) is 12.8. The number of benzene rings is 2. The molecule has 1 heterocycles. The van der Waals surface area contributed by atoms with Gasteiger partial charge in [0, 0.05) is 16.2 Å². The van der Waals surface area contributed by atoms with Crippen LogP contribution in [0.1, 0.15) is 38.9 Å². The molecular weight excluding hydrogens is 340 g/mol. The van der Waals surface area contributed by atoms with E-state index in [-0.39, 0.29) is 11.1 Å². The molecule has 3 heteroatoms. The van der Waals surface area contributed by atoms with Crippen molar-refractivity contribution in [3.63, 3.8) is 0 Å². The molecule has 2 aromatic rings. The summed E-state index contributed by atoms with van der Waals surface area (Å²) in [4.78, 5) is 2.72. The molecule has 0 spiro atoms. The fraction of sp³-hybridized carbons (Fsp3) is 0.364. The van der Waals surface area contributed by atoms with Gasteiger partial charge in [0.1, 0.15) is 14.2 Å². The van der Waals surface area contributed by atoms with Crippen LogP contribution in [0.3, 0.4) is 0 Å². The number of hydrogen-bond acceptors (Lipinski definition) is 2. The third-order valence-electron chi connectivity index (χ3n) is 5.48. The minimum absolute atomic E-state index is 0.150. The van der Waals surface area contributed by atoms with Gasteiger partial charge in [-0.05, 0) is 22.7 Å². The Kier molecular flexibility index (Phi) is 5.17. The molecule has 132 valence electrons. The van der Waals surface area contributed by atoms with Crippen LogP contribution in [0.4, 0.5) is 0 Å². The standard InChI is InChI=1S/C22H28OSSi/c1-22(2,3)25(4,5)21-20(24-18-14-10-7-11-15-18)16-19(23-21)17-12-8-6-9-13-17/h6-15,19H,16H2,1-5H3. The molecular formula is C22H28OSSi. The van der Waals surface area contributed by atoms with E-state index < -0.39 is 8.07 Å². The van der Waals surface area contributed by atoms with Crippen LogP contribution >= 0.6 is 11.8 Å². The molecule has 1 unspecified atom stereocenters. The van der Waals surface area contributed by atoms with Gasteiger partial charge in [0.15, 0.2) is 0 Å². The van der Waals surface area contributed by atoms with Crippen molar-refractivity contribution in [3.8, 4) is 0 Å². The summed E-state index contributed by atoms with van der Waals surface area (Å²) >= 11 is 1.89. The lowest BCUT2D eigenvalue weighted by Crippen LogP contribution is -2.40. The van der Waals surface area contributed by atoms with Crippen molar-refractivity contribution in [2.75, 3.05) is 0 Å². The van der Waals surface area contributed by atoms with Crippen LogP contribution < -0.4 is 0 Å². The lowest BCUT2D eigenvalue weighted by atomic mass is 10.1. The predicted molar refractivity (Wildman–Crippen MR) is 111 cm³/mol. The van der Waals surface area contributed by atoms with Gasteiger partial charge >= 0.3 is 0 Å². The first-order valence-electron chi connectivity index (χ1n) is 8.97. The second-order valence-electron chi connectivity index (χ2n) is 8.26. The minimum Gasteiger partial charge on any atom is -0.494 e. The normalized spacial score (nSPS) is 18.4. The average molecular weight is 369 g/mol. The van der Waals surface area contributed by atoms with E-state index in [4.69, 9.17) is 4.74 Å². The molecule has 0 radical (unpaired) electrons. The molecule has 2 aromatic carbocycles. The number of ether oxygens (including phenoxy) is 1. The van der Waals surface area contributed by atoms with Crippen LogP contribution in [0.25, 0.3) is 0 Å². The highest BCUT2D eigenvalue weighted by atomic mass is 32.2. The maximum absolute atomic E-state index is 6.64. The first-order chi connectivity index (χ1) is 11.8. The third kappa shape index (κ3) is 3.88. The highest BCUT2D eigenvalue weighted by molar-refractivity contribution is 8.03. The van der Waals surface area contributed by atoms with Crippen molar-refractivity contribution < 1.29 is 4.74 Å². The number of hydrogen-bond donors (Lipinski definition) is 0. The molecule has 0 bridgehead atoms. The Balaban J connectivity index is 1.96. The zero-order valence-corrected chi connectivity index (χ0v) is 17.7. The van der Waals surface area contributed by atoms with E-state index in [2.05, 4.69) is 94.5 Å². The van der Waals surface area contributed by atoms with Gasteiger partial charge in [-0.1, -0.05) is 94.2 Å². The van der Waals surface area contributed by atoms with Crippen molar-refractivity contribution in [3.05, 3.63) is 76.5 Å². The topological polar surface area (TPSA) is 9.23 Å². The third-order valence-corrected chi connectivity index (χ3v) is 12.1. The molecule has 25 heavy (non-hydrogen) atoms. The summed E-state index contributed by atoms with van der Waals surface area (Å²) < 4.78 is 6.64. The molecule has 0 amide bonds. The number of thioether (sulfide) groups is 1. The molecule has 1 aliphatic heterocycles. The number of rotatable bonds is 4. The SMILES string of the molecule is CC(C)(C)[Si](C)(C)C1=C(Sc2ccccc2)CC(c2ccccc2)O1. The Bertz CT molecular complexity index is 745. The van der Waals surface area contributed by atoms with Crippen molar-refractivity contribution in [2.45, 2.75) is 56.3 Å².